The largest absolute Gasteiger partial charge is 0.369 e. The van der Waals surface area contributed by atoms with Crippen LogP contribution in [0.2, 0.25) is 0 Å². The standard InChI is InChI=1S/C24H29FN2O2/c25-22-17-21(27(28)29)11-12-23(22)26-15-13-20(14-16-26)24(18-7-3-1-4-8-18)19-9-5-2-6-10-19/h1-5,7,9,12,17-18,20-21,24H,6,8,10-11,13-16H2. The van der Waals surface area contributed by atoms with Gasteiger partial charge in [0, 0.05) is 30.5 Å². The Bertz CT molecular complexity index is 813. The first-order chi connectivity index (χ1) is 14.1. The second kappa shape index (κ2) is 8.93. The van der Waals surface area contributed by atoms with Crippen LogP contribution in [0.5, 0.6) is 0 Å². The van der Waals surface area contributed by atoms with Gasteiger partial charge in [-0.1, -0.05) is 54.2 Å². The number of hydrogen-bond donors (Lipinski definition) is 0. The van der Waals surface area contributed by atoms with E-state index in [0.717, 1.165) is 45.2 Å². The normalized spacial score (nSPS) is 28.6. The van der Waals surface area contributed by atoms with Crippen molar-refractivity contribution in [3.63, 3.8) is 0 Å². The lowest BCUT2D eigenvalue weighted by molar-refractivity contribution is -0.508. The van der Waals surface area contributed by atoms with E-state index in [-0.39, 0.29) is 6.42 Å². The van der Waals surface area contributed by atoms with Crippen LogP contribution < -0.4 is 0 Å². The van der Waals surface area contributed by atoms with Gasteiger partial charge < -0.3 is 4.90 Å². The predicted molar refractivity (Wildman–Crippen MR) is 113 cm³/mol. The van der Waals surface area contributed by atoms with Gasteiger partial charge >= 0.3 is 0 Å². The molecule has 0 saturated carbocycles. The summed E-state index contributed by atoms with van der Waals surface area (Å²) >= 11 is 0. The quantitative estimate of drug-likeness (QED) is 0.455. The fourth-order valence-electron chi connectivity index (χ4n) is 5.27. The molecule has 0 amide bonds. The fraction of sp³-hybridized carbons (Fsp3) is 0.500. The van der Waals surface area contributed by atoms with Gasteiger partial charge in [0.05, 0.1) is 5.70 Å². The average molecular weight is 397 g/mol. The van der Waals surface area contributed by atoms with E-state index in [1.54, 1.807) is 11.6 Å². The lowest BCUT2D eigenvalue weighted by atomic mass is 9.69. The molecule has 4 aliphatic rings. The molecule has 29 heavy (non-hydrogen) atoms. The van der Waals surface area contributed by atoms with E-state index >= 15 is 0 Å². The van der Waals surface area contributed by atoms with Gasteiger partial charge in [0.15, 0.2) is 0 Å². The summed E-state index contributed by atoms with van der Waals surface area (Å²) in [5.41, 5.74) is 2.12. The summed E-state index contributed by atoms with van der Waals surface area (Å²) in [5, 5.41) is 10.9. The zero-order valence-corrected chi connectivity index (χ0v) is 16.8. The highest BCUT2D eigenvalue weighted by Crippen LogP contribution is 2.42. The molecule has 3 unspecified atom stereocenters. The molecule has 0 aromatic rings. The number of halogens is 1. The Morgan fingerprint density at radius 1 is 1.14 bits per heavy atom. The lowest BCUT2D eigenvalue weighted by Crippen LogP contribution is -2.39. The van der Waals surface area contributed by atoms with Gasteiger partial charge in [-0.15, -0.1) is 0 Å². The SMILES string of the molecule is O=[N+]([O-])C1C=C(F)C(N2CCC(C(C3=CC=CCC3)C3C=CC=CC3)CC2)=CC1. The zero-order chi connectivity index (χ0) is 20.2. The van der Waals surface area contributed by atoms with Crippen LogP contribution in [-0.2, 0) is 0 Å². The maximum atomic E-state index is 14.5. The van der Waals surface area contributed by atoms with Crippen LogP contribution in [0.15, 0.2) is 71.8 Å². The lowest BCUT2D eigenvalue weighted by Gasteiger charge is -2.42. The van der Waals surface area contributed by atoms with Crippen molar-refractivity contribution in [2.45, 2.75) is 44.6 Å². The van der Waals surface area contributed by atoms with E-state index in [2.05, 4.69) is 47.4 Å². The third kappa shape index (κ3) is 4.44. The molecule has 0 bridgehead atoms. The molecule has 3 atom stereocenters. The molecule has 1 fully saturated rings. The minimum absolute atomic E-state index is 0.275. The van der Waals surface area contributed by atoms with E-state index in [0.29, 0.717) is 23.5 Å². The second-order valence-electron chi connectivity index (χ2n) is 8.46. The Morgan fingerprint density at radius 3 is 2.59 bits per heavy atom. The number of nitrogens with zero attached hydrogens (tertiary/aromatic N) is 2. The summed E-state index contributed by atoms with van der Waals surface area (Å²) in [5.74, 6) is 1.24. The van der Waals surface area contributed by atoms with Crippen molar-refractivity contribution in [2.75, 3.05) is 13.1 Å². The Labute approximate surface area is 172 Å². The number of hydrogen-bond acceptors (Lipinski definition) is 3. The van der Waals surface area contributed by atoms with Crippen molar-refractivity contribution in [2.24, 2.45) is 17.8 Å². The second-order valence-corrected chi connectivity index (χ2v) is 8.46. The molecule has 3 aliphatic carbocycles. The van der Waals surface area contributed by atoms with Crippen LogP contribution in [0.25, 0.3) is 0 Å². The number of allylic oxidation sites excluding steroid dienone is 9. The number of nitro groups is 1. The van der Waals surface area contributed by atoms with Crippen molar-refractivity contribution < 1.29 is 9.31 Å². The first-order valence-corrected chi connectivity index (χ1v) is 10.8. The van der Waals surface area contributed by atoms with Crippen LogP contribution in [0, 0.1) is 27.9 Å². The highest BCUT2D eigenvalue weighted by Gasteiger charge is 2.35. The van der Waals surface area contributed by atoms with E-state index in [1.807, 2.05) is 0 Å². The molecular weight excluding hydrogens is 367 g/mol. The maximum absolute atomic E-state index is 14.5. The van der Waals surface area contributed by atoms with Crippen LogP contribution in [0.3, 0.4) is 0 Å². The van der Waals surface area contributed by atoms with Crippen molar-refractivity contribution >= 4 is 0 Å². The summed E-state index contributed by atoms with van der Waals surface area (Å²) < 4.78 is 14.5. The molecule has 0 aromatic carbocycles. The predicted octanol–water partition coefficient (Wildman–Crippen LogP) is 5.51. The molecule has 154 valence electrons. The summed E-state index contributed by atoms with van der Waals surface area (Å²) in [6.07, 6.45) is 24.3. The molecule has 1 aliphatic heterocycles. The smallest absolute Gasteiger partial charge is 0.237 e. The average Bonchev–Trinajstić information content (AvgIpc) is 2.76. The first-order valence-electron chi connectivity index (χ1n) is 10.8. The van der Waals surface area contributed by atoms with Crippen LogP contribution in [-0.4, -0.2) is 29.0 Å². The van der Waals surface area contributed by atoms with Crippen molar-refractivity contribution in [1.82, 2.24) is 4.90 Å². The summed E-state index contributed by atoms with van der Waals surface area (Å²) in [6.45, 7) is 1.62. The number of rotatable bonds is 5. The molecule has 0 spiro atoms. The van der Waals surface area contributed by atoms with Gasteiger partial charge in [0.2, 0.25) is 6.04 Å². The highest BCUT2D eigenvalue weighted by atomic mass is 19.1. The molecule has 0 radical (unpaired) electrons. The Balaban J connectivity index is 1.44. The van der Waals surface area contributed by atoms with Crippen molar-refractivity contribution in [3.05, 3.63) is 81.9 Å². The Hall–Kier alpha value is -2.43. The third-order valence-electron chi connectivity index (χ3n) is 6.74. The van der Waals surface area contributed by atoms with Gasteiger partial charge in [0.1, 0.15) is 5.83 Å². The Kier molecular flexibility index (Phi) is 6.12. The van der Waals surface area contributed by atoms with Crippen molar-refractivity contribution in [1.29, 1.82) is 0 Å². The molecule has 4 nitrogen and oxygen atoms in total. The molecule has 1 heterocycles. The number of likely N-dealkylation sites (tertiary alicyclic amines) is 1. The molecule has 4 rings (SSSR count). The highest BCUT2D eigenvalue weighted by molar-refractivity contribution is 5.30. The minimum atomic E-state index is -0.932. The number of piperidine rings is 1. The minimum Gasteiger partial charge on any atom is -0.369 e. The van der Waals surface area contributed by atoms with E-state index in [4.69, 9.17) is 0 Å². The van der Waals surface area contributed by atoms with Gasteiger partial charge in [-0.3, -0.25) is 10.1 Å². The first kappa shape index (κ1) is 19.9. The molecule has 0 N–H and O–H groups in total. The maximum Gasteiger partial charge on any atom is 0.237 e. The summed E-state index contributed by atoms with van der Waals surface area (Å²) in [7, 11) is 0. The van der Waals surface area contributed by atoms with E-state index in [1.165, 1.54) is 6.08 Å². The fourth-order valence-corrected chi connectivity index (χ4v) is 5.27. The van der Waals surface area contributed by atoms with Gasteiger partial charge in [0.25, 0.3) is 0 Å². The van der Waals surface area contributed by atoms with Crippen molar-refractivity contribution in [3.8, 4) is 0 Å². The van der Waals surface area contributed by atoms with E-state index < -0.39 is 16.8 Å². The van der Waals surface area contributed by atoms with Gasteiger partial charge in [-0.2, -0.15) is 0 Å². The van der Waals surface area contributed by atoms with Crippen LogP contribution in [0.1, 0.15) is 38.5 Å². The molecule has 0 aromatic heterocycles. The summed E-state index contributed by atoms with van der Waals surface area (Å²) in [4.78, 5) is 12.6. The van der Waals surface area contributed by atoms with Crippen LogP contribution in [0.4, 0.5) is 4.39 Å². The van der Waals surface area contributed by atoms with Crippen LogP contribution >= 0.6 is 0 Å². The van der Waals surface area contributed by atoms with Gasteiger partial charge in [-0.25, -0.2) is 4.39 Å². The van der Waals surface area contributed by atoms with E-state index in [9.17, 15) is 14.5 Å². The molecule has 5 heteroatoms. The van der Waals surface area contributed by atoms with Gasteiger partial charge in [-0.05, 0) is 49.9 Å². The Morgan fingerprint density at radius 2 is 1.97 bits per heavy atom. The monoisotopic (exact) mass is 396 g/mol. The summed E-state index contributed by atoms with van der Waals surface area (Å²) in [6, 6.07) is -0.932. The zero-order valence-electron chi connectivity index (χ0n) is 16.8. The topological polar surface area (TPSA) is 46.4 Å². The third-order valence-corrected chi connectivity index (χ3v) is 6.74. The molecule has 1 saturated heterocycles. The molecular formula is C24H29FN2O2.